The molecule has 0 aliphatic carbocycles. The van der Waals surface area contributed by atoms with Crippen molar-refractivity contribution in [3.63, 3.8) is 0 Å². The second kappa shape index (κ2) is 9.81. The van der Waals surface area contributed by atoms with Crippen LogP contribution in [-0.2, 0) is 24.1 Å². The van der Waals surface area contributed by atoms with Crippen LogP contribution in [0.25, 0.3) is 0 Å². The first-order valence-electron chi connectivity index (χ1n) is 7.82. The fourth-order valence-corrected chi connectivity index (χ4v) is 2.73. The van der Waals surface area contributed by atoms with Crippen LogP contribution in [0.15, 0.2) is 29.2 Å². The number of amides is 1. The number of hydrogen-bond acceptors (Lipinski definition) is 6. The molecule has 25 heavy (non-hydrogen) atoms. The van der Waals surface area contributed by atoms with Crippen LogP contribution in [0.3, 0.4) is 0 Å². The highest BCUT2D eigenvalue weighted by molar-refractivity contribution is 7.90. The van der Waals surface area contributed by atoms with Gasteiger partial charge in [0.1, 0.15) is 12.8 Å². The van der Waals surface area contributed by atoms with E-state index < -0.39 is 40.9 Å². The number of aliphatic hydroxyl groups is 1. The fraction of sp³-hybridized carbons (Fsp3) is 0.562. The summed E-state index contributed by atoms with van der Waals surface area (Å²) in [6.07, 6.45) is -1.49. The molecule has 0 spiro atoms. The number of sulfone groups is 1. The molecule has 2 unspecified atom stereocenters. The SMILES string of the molecule is CCOC(OCC)C(=O)NC(CF)C(O)c1ccc(S(C)(=O)=O)cc1. The van der Waals surface area contributed by atoms with E-state index in [2.05, 4.69) is 5.32 Å². The Hall–Kier alpha value is -1.55. The van der Waals surface area contributed by atoms with Crippen molar-refractivity contribution in [1.29, 1.82) is 0 Å². The van der Waals surface area contributed by atoms with E-state index in [1.54, 1.807) is 13.8 Å². The van der Waals surface area contributed by atoms with Crippen LogP contribution in [0.2, 0.25) is 0 Å². The summed E-state index contributed by atoms with van der Waals surface area (Å²) in [7, 11) is -3.37. The standard InChI is InChI=1S/C16H24FNO6S/c1-4-23-16(24-5-2)15(20)18-13(10-17)14(19)11-6-8-12(9-7-11)25(3,21)22/h6-9,13-14,16,19H,4-5,10H2,1-3H3,(H,18,20). The zero-order chi connectivity index (χ0) is 19.0. The maximum absolute atomic E-state index is 13.3. The van der Waals surface area contributed by atoms with Crippen LogP contribution in [0, 0.1) is 0 Å². The third kappa shape index (κ3) is 6.35. The van der Waals surface area contributed by atoms with Gasteiger partial charge in [0.15, 0.2) is 9.84 Å². The maximum Gasteiger partial charge on any atom is 0.277 e. The van der Waals surface area contributed by atoms with Crippen LogP contribution in [0.4, 0.5) is 4.39 Å². The van der Waals surface area contributed by atoms with Crippen LogP contribution in [0.1, 0.15) is 25.5 Å². The van der Waals surface area contributed by atoms with E-state index in [0.29, 0.717) is 0 Å². The molecule has 142 valence electrons. The van der Waals surface area contributed by atoms with Crippen molar-refractivity contribution in [2.75, 3.05) is 26.1 Å². The van der Waals surface area contributed by atoms with Crippen molar-refractivity contribution in [2.45, 2.75) is 37.2 Å². The molecule has 0 heterocycles. The average molecular weight is 377 g/mol. The quantitative estimate of drug-likeness (QED) is 0.589. The molecule has 2 atom stereocenters. The number of carbonyl (C=O) groups excluding carboxylic acids is 1. The van der Waals surface area contributed by atoms with Crippen molar-refractivity contribution in [3.05, 3.63) is 29.8 Å². The van der Waals surface area contributed by atoms with E-state index in [1.807, 2.05) is 0 Å². The average Bonchev–Trinajstić information content (AvgIpc) is 2.58. The van der Waals surface area contributed by atoms with Crippen LogP contribution >= 0.6 is 0 Å². The maximum atomic E-state index is 13.3. The van der Waals surface area contributed by atoms with Gasteiger partial charge in [0, 0.05) is 19.5 Å². The predicted octanol–water partition coefficient (Wildman–Crippen LogP) is 0.977. The molecule has 0 aliphatic heterocycles. The molecule has 0 aliphatic rings. The largest absolute Gasteiger partial charge is 0.386 e. The van der Waals surface area contributed by atoms with Crippen LogP contribution in [0.5, 0.6) is 0 Å². The third-order valence-electron chi connectivity index (χ3n) is 3.37. The minimum atomic E-state index is -3.37. The van der Waals surface area contributed by atoms with Gasteiger partial charge in [-0.15, -0.1) is 0 Å². The lowest BCUT2D eigenvalue weighted by Crippen LogP contribution is -2.47. The number of nitrogens with one attached hydrogen (secondary N) is 1. The van der Waals surface area contributed by atoms with Crippen molar-refractivity contribution in [3.8, 4) is 0 Å². The molecule has 9 heteroatoms. The van der Waals surface area contributed by atoms with Gasteiger partial charge in [0.2, 0.25) is 6.29 Å². The minimum absolute atomic E-state index is 0.0806. The Morgan fingerprint density at radius 2 is 1.72 bits per heavy atom. The summed E-state index contributed by atoms with van der Waals surface area (Å²) in [5, 5.41) is 12.6. The van der Waals surface area contributed by atoms with Crippen molar-refractivity contribution in [1.82, 2.24) is 5.32 Å². The highest BCUT2D eigenvalue weighted by Gasteiger charge is 2.27. The first-order chi connectivity index (χ1) is 11.7. The number of halogens is 1. The Kier molecular flexibility index (Phi) is 8.43. The molecular weight excluding hydrogens is 353 g/mol. The van der Waals surface area contributed by atoms with Gasteiger partial charge in [-0.05, 0) is 31.5 Å². The molecule has 1 aromatic rings. The van der Waals surface area contributed by atoms with E-state index in [1.165, 1.54) is 24.3 Å². The Bertz CT molecular complexity index is 643. The highest BCUT2D eigenvalue weighted by atomic mass is 32.2. The second-order valence-corrected chi connectivity index (χ2v) is 7.31. The lowest BCUT2D eigenvalue weighted by molar-refractivity contribution is -0.171. The molecule has 0 aromatic heterocycles. The normalized spacial score (nSPS) is 14.3. The van der Waals surface area contributed by atoms with E-state index in [-0.39, 0.29) is 23.7 Å². The van der Waals surface area contributed by atoms with E-state index in [0.717, 1.165) is 6.26 Å². The molecule has 1 amide bonds. The molecule has 1 rings (SSSR count). The van der Waals surface area contributed by atoms with Gasteiger partial charge in [0.25, 0.3) is 5.91 Å². The summed E-state index contributed by atoms with van der Waals surface area (Å²) < 4.78 is 46.4. The smallest absolute Gasteiger partial charge is 0.277 e. The molecule has 2 N–H and O–H groups in total. The topological polar surface area (TPSA) is 102 Å². The summed E-state index contributed by atoms with van der Waals surface area (Å²) in [6.45, 7) is 2.81. The molecular formula is C16H24FNO6S. The fourth-order valence-electron chi connectivity index (χ4n) is 2.10. The lowest BCUT2D eigenvalue weighted by atomic mass is 10.0. The molecule has 0 saturated heterocycles. The number of carbonyl (C=O) groups is 1. The zero-order valence-corrected chi connectivity index (χ0v) is 15.3. The van der Waals surface area contributed by atoms with E-state index in [4.69, 9.17) is 9.47 Å². The molecule has 7 nitrogen and oxygen atoms in total. The summed E-state index contributed by atoms with van der Waals surface area (Å²) >= 11 is 0. The number of alkyl halides is 1. The van der Waals surface area contributed by atoms with Gasteiger partial charge >= 0.3 is 0 Å². The number of aliphatic hydroxyl groups excluding tert-OH is 1. The summed E-state index contributed by atoms with van der Waals surface area (Å²) in [5.74, 6) is -0.696. The number of ether oxygens (including phenoxy) is 2. The van der Waals surface area contributed by atoms with Gasteiger partial charge in [-0.3, -0.25) is 4.79 Å². The van der Waals surface area contributed by atoms with Crippen molar-refractivity contribution >= 4 is 15.7 Å². The lowest BCUT2D eigenvalue weighted by Gasteiger charge is -2.24. The van der Waals surface area contributed by atoms with Gasteiger partial charge in [-0.2, -0.15) is 0 Å². The van der Waals surface area contributed by atoms with E-state index in [9.17, 15) is 22.7 Å². The molecule has 0 bridgehead atoms. The number of benzene rings is 1. The van der Waals surface area contributed by atoms with Gasteiger partial charge in [0.05, 0.1) is 10.9 Å². The third-order valence-corrected chi connectivity index (χ3v) is 4.50. The highest BCUT2D eigenvalue weighted by Crippen LogP contribution is 2.20. The van der Waals surface area contributed by atoms with Gasteiger partial charge < -0.3 is 19.9 Å². The predicted molar refractivity (Wildman–Crippen MR) is 89.5 cm³/mol. The first kappa shape index (κ1) is 21.5. The number of hydrogen-bond donors (Lipinski definition) is 2. The first-order valence-corrected chi connectivity index (χ1v) is 9.71. The Morgan fingerprint density at radius 1 is 1.20 bits per heavy atom. The van der Waals surface area contributed by atoms with Gasteiger partial charge in [-0.25, -0.2) is 12.8 Å². The summed E-state index contributed by atoms with van der Waals surface area (Å²) in [6, 6.07) is 4.15. The monoisotopic (exact) mass is 377 g/mol. The molecule has 0 saturated carbocycles. The second-order valence-electron chi connectivity index (χ2n) is 5.30. The van der Waals surface area contributed by atoms with Crippen molar-refractivity contribution in [2.24, 2.45) is 0 Å². The Labute approximate surface area is 147 Å². The Morgan fingerprint density at radius 3 is 2.12 bits per heavy atom. The van der Waals surface area contributed by atoms with Crippen LogP contribution in [-0.4, -0.2) is 57.9 Å². The summed E-state index contributed by atoms with van der Waals surface area (Å²) in [5.41, 5.74) is 0.278. The zero-order valence-electron chi connectivity index (χ0n) is 14.4. The molecule has 0 radical (unpaired) electrons. The van der Waals surface area contributed by atoms with Gasteiger partial charge in [-0.1, -0.05) is 12.1 Å². The minimum Gasteiger partial charge on any atom is -0.386 e. The van der Waals surface area contributed by atoms with Crippen molar-refractivity contribution < 1.29 is 32.2 Å². The Balaban J connectivity index is 2.86. The molecule has 1 aromatic carbocycles. The van der Waals surface area contributed by atoms with E-state index >= 15 is 0 Å². The molecule has 0 fully saturated rings. The van der Waals surface area contributed by atoms with Crippen LogP contribution < -0.4 is 5.32 Å². The summed E-state index contributed by atoms with van der Waals surface area (Å²) in [4.78, 5) is 12.2. The number of rotatable bonds is 10.